The molecule has 8 heteroatoms. The molecule has 0 aromatic carbocycles. The average molecular weight is 348 g/mol. The number of hydrogen-bond donors (Lipinski definition) is 0. The van der Waals surface area contributed by atoms with E-state index in [1.807, 2.05) is 18.7 Å². The number of likely N-dealkylation sites (tertiary alicyclic amines) is 1. The summed E-state index contributed by atoms with van der Waals surface area (Å²) in [7, 11) is 1.54. The Morgan fingerprint density at radius 3 is 2.67 bits per heavy atom. The number of hydrogen-bond acceptors (Lipinski definition) is 7. The number of methoxy groups -OCH3 is 1. The number of thiazole rings is 1. The van der Waals surface area contributed by atoms with Gasteiger partial charge < -0.3 is 14.4 Å². The highest BCUT2D eigenvalue weighted by Gasteiger charge is 2.28. The fourth-order valence-corrected chi connectivity index (χ4v) is 3.63. The predicted molar refractivity (Wildman–Crippen MR) is 89.7 cm³/mol. The van der Waals surface area contributed by atoms with Gasteiger partial charge in [-0.15, -0.1) is 21.5 Å². The summed E-state index contributed by atoms with van der Waals surface area (Å²) in [5.74, 6) is 0.922. The van der Waals surface area contributed by atoms with Crippen LogP contribution in [0.25, 0.3) is 0 Å². The molecule has 1 aliphatic heterocycles. The average Bonchev–Trinajstić information content (AvgIpc) is 2.93. The quantitative estimate of drug-likeness (QED) is 0.843. The number of aromatic nitrogens is 3. The van der Waals surface area contributed by atoms with Crippen LogP contribution in [0.5, 0.6) is 11.8 Å². The Hall–Kier alpha value is -2.22. The highest BCUT2D eigenvalue weighted by Crippen LogP contribution is 2.23. The lowest BCUT2D eigenvalue weighted by Crippen LogP contribution is -2.44. The first kappa shape index (κ1) is 16.6. The van der Waals surface area contributed by atoms with Gasteiger partial charge in [-0.25, -0.2) is 4.98 Å². The minimum atomic E-state index is -0.0836. The monoisotopic (exact) mass is 348 g/mol. The molecule has 1 fully saturated rings. The number of aryl methyl sites for hydroxylation is 2. The van der Waals surface area contributed by atoms with Crippen molar-refractivity contribution in [2.45, 2.75) is 32.8 Å². The molecule has 7 nitrogen and oxygen atoms in total. The van der Waals surface area contributed by atoms with Gasteiger partial charge >= 0.3 is 0 Å². The summed E-state index contributed by atoms with van der Waals surface area (Å²) in [6, 6.07) is 3.43. The Morgan fingerprint density at radius 1 is 1.29 bits per heavy atom. The van der Waals surface area contributed by atoms with E-state index in [4.69, 9.17) is 9.47 Å². The third kappa shape index (κ3) is 3.64. The molecule has 0 spiro atoms. The molecule has 1 saturated heterocycles. The molecule has 1 amide bonds. The van der Waals surface area contributed by atoms with E-state index in [2.05, 4.69) is 15.2 Å². The van der Waals surface area contributed by atoms with E-state index < -0.39 is 0 Å². The molecular formula is C16H20N4O3S. The van der Waals surface area contributed by atoms with Crippen LogP contribution in [0, 0.1) is 13.8 Å². The maximum absolute atomic E-state index is 12.7. The number of nitrogens with zero attached hydrogens (tertiary/aromatic N) is 4. The van der Waals surface area contributed by atoms with Crippen LogP contribution < -0.4 is 9.47 Å². The number of piperidine rings is 1. The zero-order valence-corrected chi connectivity index (χ0v) is 14.8. The van der Waals surface area contributed by atoms with E-state index in [1.54, 1.807) is 12.1 Å². The Morgan fingerprint density at radius 2 is 2.04 bits per heavy atom. The van der Waals surface area contributed by atoms with Crippen molar-refractivity contribution in [1.82, 2.24) is 20.1 Å². The van der Waals surface area contributed by atoms with Crippen LogP contribution in [0.2, 0.25) is 0 Å². The third-order valence-corrected chi connectivity index (χ3v) is 4.94. The first-order valence-corrected chi connectivity index (χ1v) is 8.66. The molecule has 1 atom stereocenters. The van der Waals surface area contributed by atoms with Gasteiger partial charge in [0.15, 0.2) is 0 Å². The van der Waals surface area contributed by atoms with Crippen molar-refractivity contribution in [1.29, 1.82) is 0 Å². The molecule has 24 heavy (non-hydrogen) atoms. The summed E-state index contributed by atoms with van der Waals surface area (Å²) in [6.07, 6.45) is 1.70. The van der Waals surface area contributed by atoms with Gasteiger partial charge in [0.1, 0.15) is 11.0 Å². The number of carbonyl (C=O) groups excluding carboxylic acids is 1. The predicted octanol–water partition coefficient (Wildman–Crippen LogP) is 2.24. The maximum Gasteiger partial charge on any atom is 0.265 e. The maximum atomic E-state index is 12.7. The molecule has 0 N–H and O–H groups in total. The van der Waals surface area contributed by atoms with E-state index >= 15 is 0 Å². The minimum absolute atomic E-state index is 0.0345. The van der Waals surface area contributed by atoms with Crippen LogP contribution in [0.3, 0.4) is 0 Å². The van der Waals surface area contributed by atoms with Crippen LogP contribution in [-0.2, 0) is 0 Å². The van der Waals surface area contributed by atoms with E-state index in [1.165, 1.54) is 18.4 Å². The van der Waals surface area contributed by atoms with E-state index in [9.17, 15) is 4.79 Å². The van der Waals surface area contributed by atoms with Crippen molar-refractivity contribution in [2.75, 3.05) is 20.2 Å². The summed E-state index contributed by atoms with van der Waals surface area (Å²) in [5, 5.41) is 8.79. The molecular weight excluding hydrogens is 328 g/mol. The Bertz CT molecular complexity index is 717. The second-order valence-electron chi connectivity index (χ2n) is 5.69. The molecule has 0 saturated carbocycles. The van der Waals surface area contributed by atoms with E-state index in [0.29, 0.717) is 18.3 Å². The van der Waals surface area contributed by atoms with Gasteiger partial charge in [0.05, 0.1) is 24.4 Å². The molecule has 0 radical (unpaired) electrons. The molecule has 2 aromatic heterocycles. The lowest BCUT2D eigenvalue weighted by Gasteiger charge is -2.32. The lowest BCUT2D eigenvalue weighted by molar-refractivity contribution is 0.0528. The van der Waals surface area contributed by atoms with Crippen LogP contribution >= 0.6 is 11.3 Å². The van der Waals surface area contributed by atoms with Gasteiger partial charge in [-0.3, -0.25) is 4.79 Å². The van der Waals surface area contributed by atoms with E-state index in [-0.39, 0.29) is 12.0 Å². The summed E-state index contributed by atoms with van der Waals surface area (Å²) in [5.41, 5.74) is 0.798. The zero-order chi connectivity index (χ0) is 17.1. The minimum Gasteiger partial charge on any atom is -0.480 e. The van der Waals surface area contributed by atoms with Gasteiger partial charge in [0.25, 0.3) is 5.91 Å². The van der Waals surface area contributed by atoms with Gasteiger partial charge in [0.2, 0.25) is 11.8 Å². The number of carbonyl (C=O) groups is 1. The van der Waals surface area contributed by atoms with Crippen molar-refractivity contribution >= 4 is 17.2 Å². The van der Waals surface area contributed by atoms with Gasteiger partial charge in [0, 0.05) is 18.7 Å². The standard InChI is InChI=1S/C16H20N4O3S/c1-10-15(24-11(2)17-10)16(21)20-8-4-5-12(9-20)23-14-7-6-13(22-3)18-19-14/h6-7,12H,4-5,8-9H2,1-3H3. The largest absolute Gasteiger partial charge is 0.480 e. The van der Waals surface area contributed by atoms with Crippen LogP contribution in [0.4, 0.5) is 0 Å². The van der Waals surface area contributed by atoms with Crippen molar-refractivity contribution in [3.63, 3.8) is 0 Å². The summed E-state index contributed by atoms with van der Waals surface area (Å²) < 4.78 is 10.9. The molecule has 1 unspecified atom stereocenters. The summed E-state index contributed by atoms with van der Waals surface area (Å²) in [4.78, 5) is 19.6. The zero-order valence-electron chi connectivity index (χ0n) is 14.0. The second kappa shape index (κ2) is 7.12. The van der Waals surface area contributed by atoms with Crippen molar-refractivity contribution in [3.8, 4) is 11.8 Å². The SMILES string of the molecule is COc1ccc(OC2CCCN(C(=O)c3sc(C)nc3C)C2)nn1. The van der Waals surface area contributed by atoms with Crippen molar-refractivity contribution in [2.24, 2.45) is 0 Å². The van der Waals surface area contributed by atoms with Crippen LogP contribution in [-0.4, -0.2) is 52.3 Å². The highest BCUT2D eigenvalue weighted by molar-refractivity contribution is 7.13. The van der Waals surface area contributed by atoms with E-state index in [0.717, 1.165) is 35.0 Å². The van der Waals surface area contributed by atoms with Gasteiger partial charge in [-0.05, 0) is 26.7 Å². The van der Waals surface area contributed by atoms with Crippen molar-refractivity contribution < 1.29 is 14.3 Å². The highest BCUT2D eigenvalue weighted by atomic mass is 32.1. The first-order chi connectivity index (χ1) is 11.6. The normalized spacial score (nSPS) is 17.6. The number of amides is 1. The third-order valence-electron chi connectivity index (χ3n) is 3.88. The smallest absolute Gasteiger partial charge is 0.265 e. The fraction of sp³-hybridized carbons (Fsp3) is 0.500. The topological polar surface area (TPSA) is 77.4 Å². The Labute approximate surface area is 144 Å². The van der Waals surface area contributed by atoms with Crippen LogP contribution in [0.15, 0.2) is 12.1 Å². The Kier molecular flexibility index (Phi) is 4.94. The fourth-order valence-electron chi connectivity index (χ4n) is 2.74. The molecule has 2 aromatic rings. The number of ether oxygens (including phenoxy) is 2. The second-order valence-corrected chi connectivity index (χ2v) is 6.90. The molecule has 128 valence electrons. The molecule has 3 rings (SSSR count). The Balaban J connectivity index is 1.65. The summed E-state index contributed by atoms with van der Waals surface area (Å²) >= 11 is 1.45. The molecule has 0 aliphatic carbocycles. The van der Waals surface area contributed by atoms with Crippen LogP contribution in [0.1, 0.15) is 33.2 Å². The first-order valence-electron chi connectivity index (χ1n) is 7.84. The van der Waals surface area contributed by atoms with Crippen molar-refractivity contribution in [3.05, 3.63) is 27.7 Å². The lowest BCUT2D eigenvalue weighted by atomic mass is 10.1. The van der Waals surface area contributed by atoms with Gasteiger partial charge in [-0.2, -0.15) is 0 Å². The molecule has 0 bridgehead atoms. The van der Waals surface area contributed by atoms with Gasteiger partial charge in [-0.1, -0.05) is 0 Å². The summed E-state index contributed by atoms with van der Waals surface area (Å²) in [6.45, 7) is 5.08. The number of rotatable bonds is 4. The molecule has 1 aliphatic rings. The molecule has 3 heterocycles.